The monoisotopic (exact) mass is 430 g/mol. The van der Waals surface area contributed by atoms with Crippen molar-refractivity contribution in [2.24, 2.45) is 0 Å². The molecule has 3 aromatic rings. The topological polar surface area (TPSA) is 27.7 Å². The van der Waals surface area contributed by atoms with Crippen molar-refractivity contribution in [1.29, 1.82) is 0 Å². The van der Waals surface area contributed by atoms with Crippen LogP contribution < -0.4 is 9.47 Å². The Bertz CT molecular complexity index is 929. The molecule has 0 heterocycles. The molecular weight excluding hydrogens is 396 g/mol. The lowest BCUT2D eigenvalue weighted by Crippen LogP contribution is -2.27. The first-order chi connectivity index (χ1) is 15.6. The Balaban J connectivity index is 1.41. The summed E-state index contributed by atoms with van der Waals surface area (Å²) in [5.74, 6) is 1.76. The third-order valence-corrected chi connectivity index (χ3v) is 6.14. The zero-order chi connectivity index (χ0) is 22.2. The third-order valence-electron chi connectivity index (χ3n) is 6.14. The Morgan fingerprint density at radius 3 is 2.03 bits per heavy atom. The van der Waals surface area contributed by atoms with Crippen molar-refractivity contribution < 1.29 is 14.2 Å². The SMILES string of the molecule is CC(C)(COC(Oc1ccccc1)c1ccccc1)c1ccc(OC2CCCCC2)cc1. The standard InChI is InChI=1S/C29H34O3/c1-29(2,24-18-20-27(21-19-24)31-25-14-8-4-9-15-25)22-30-28(23-12-6-3-7-13-23)32-26-16-10-5-11-17-26/h3,5-7,10-13,16-21,25,28H,4,8-9,14-15,22H2,1-2H3. The molecule has 0 N–H and O–H groups in total. The lowest BCUT2D eigenvalue weighted by molar-refractivity contribution is -0.0970. The molecule has 32 heavy (non-hydrogen) atoms. The van der Waals surface area contributed by atoms with Crippen molar-refractivity contribution in [2.75, 3.05) is 6.61 Å². The van der Waals surface area contributed by atoms with Crippen LogP contribution in [0.5, 0.6) is 11.5 Å². The van der Waals surface area contributed by atoms with Crippen molar-refractivity contribution >= 4 is 0 Å². The second-order valence-electron chi connectivity index (χ2n) is 9.27. The van der Waals surface area contributed by atoms with Gasteiger partial charge in [0.25, 0.3) is 0 Å². The molecule has 1 unspecified atom stereocenters. The lowest BCUT2D eigenvalue weighted by Gasteiger charge is -2.29. The van der Waals surface area contributed by atoms with Crippen LogP contribution in [-0.2, 0) is 10.2 Å². The Kier molecular flexibility index (Phi) is 7.49. The van der Waals surface area contributed by atoms with Crippen LogP contribution in [0.2, 0.25) is 0 Å². The number of benzene rings is 3. The second kappa shape index (κ2) is 10.7. The highest BCUT2D eigenvalue weighted by Crippen LogP contribution is 2.31. The molecule has 4 rings (SSSR count). The van der Waals surface area contributed by atoms with Crippen molar-refractivity contribution in [1.82, 2.24) is 0 Å². The van der Waals surface area contributed by atoms with Gasteiger partial charge in [-0.25, -0.2) is 0 Å². The molecule has 3 nitrogen and oxygen atoms in total. The quantitative estimate of drug-likeness (QED) is 0.330. The van der Waals surface area contributed by atoms with Gasteiger partial charge in [0.2, 0.25) is 6.29 Å². The molecule has 0 aliphatic heterocycles. The van der Waals surface area contributed by atoms with Gasteiger partial charge in [-0.1, -0.05) is 80.9 Å². The smallest absolute Gasteiger partial charge is 0.226 e. The fraction of sp³-hybridized carbons (Fsp3) is 0.379. The summed E-state index contributed by atoms with van der Waals surface area (Å²) in [7, 11) is 0. The van der Waals surface area contributed by atoms with Crippen molar-refractivity contribution in [3.05, 3.63) is 96.1 Å². The molecule has 0 radical (unpaired) electrons. The number of ether oxygens (including phenoxy) is 3. The van der Waals surface area contributed by atoms with Crippen LogP contribution >= 0.6 is 0 Å². The summed E-state index contributed by atoms with van der Waals surface area (Å²) >= 11 is 0. The zero-order valence-corrected chi connectivity index (χ0v) is 19.2. The van der Waals surface area contributed by atoms with Crippen molar-refractivity contribution in [3.63, 3.8) is 0 Å². The van der Waals surface area contributed by atoms with E-state index in [2.05, 4.69) is 38.1 Å². The first-order valence-electron chi connectivity index (χ1n) is 11.8. The minimum absolute atomic E-state index is 0.170. The molecule has 168 valence electrons. The highest BCUT2D eigenvalue weighted by atomic mass is 16.7. The van der Waals surface area contributed by atoms with Gasteiger partial charge < -0.3 is 14.2 Å². The molecular formula is C29H34O3. The number of para-hydroxylation sites is 1. The minimum Gasteiger partial charge on any atom is -0.490 e. The second-order valence-corrected chi connectivity index (χ2v) is 9.27. The van der Waals surface area contributed by atoms with E-state index < -0.39 is 6.29 Å². The van der Waals surface area contributed by atoms with Gasteiger partial charge in [-0.2, -0.15) is 0 Å². The summed E-state index contributed by atoms with van der Waals surface area (Å²) in [6.07, 6.45) is 6.14. The molecule has 1 saturated carbocycles. The summed E-state index contributed by atoms with van der Waals surface area (Å²) in [5, 5.41) is 0. The van der Waals surface area contributed by atoms with Gasteiger partial charge in [0.15, 0.2) is 0 Å². The van der Waals surface area contributed by atoms with Gasteiger partial charge in [-0.15, -0.1) is 0 Å². The molecule has 0 aromatic heterocycles. The van der Waals surface area contributed by atoms with Gasteiger partial charge in [-0.05, 0) is 55.5 Å². The zero-order valence-electron chi connectivity index (χ0n) is 19.2. The highest BCUT2D eigenvalue weighted by Gasteiger charge is 2.25. The Morgan fingerprint density at radius 2 is 1.38 bits per heavy atom. The normalized spacial score (nSPS) is 15.8. The molecule has 3 aromatic carbocycles. The van der Waals surface area contributed by atoms with E-state index in [1.54, 1.807) is 0 Å². The predicted octanol–water partition coefficient (Wildman–Crippen LogP) is 7.47. The summed E-state index contributed by atoms with van der Waals surface area (Å²) in [6.45, 7) is 4.94. The fourth-order valence-electron chi connectivity index (χ4n) is 4.16. The molecule has 1 aliphatic carbocycles. The Labute approximate surface area is 192 Å². The van der Waals surface area contributed by atoms with Crippen LogP contribution in [0.15, 0.2) is 84.9 Å². The molecule has 3 heteroatoms. The largest absolute Gasteiger partial charge is 0.490 e. The maximum absolute atomic E-state index is 6.35. The van der Waals surface area contributed by atoms with Gasteiger partial charge in [0.1, 0.15) is 11.5 Å². The molecule has 0 spiro atoms. The first-order valence-corrected chi connectivity index (χ1v) is 11.8. The summed E-state index contributed by atoms with van der Waals surface area (Å²) in [6, 6.07) is 28.5. The number of hydrogen-bond donors (Lipinski definition) is 0. The molecule has 0 bridgehead atoms. The summed E-state index contributed by atoms with van der Waals surface area (Å²) in [5.41, 5.74) is 2.06. The molecule has 0 amide bonds. The van der Waals surface area contributed by atoms with Crippen LogP contribution in [0.25, 0.3) is 0 Å². The maximum Gasteiger partial charge on any atom is 0.226 e. The van der Waals surface area contributed by atoms with Gasteiger partial charge >= 0.3 is 0 Å². The van der Waals surface area contributed by atoms with E-state index in [1.807, 2.05) is 60.7 Å². The van der Waals surface area contributed by atoms with E-state index in [9.17, 15) is 0 Å². The van der Waals surface area contributed by atoms with Crippen LogP contribution in [0.3, 0.4) is 0 Å². The third kappa shape index (κ3) is 6.14. The van der Waals surface area contributed by atoms with E-state index in [0.717, 1.165) is 17.1 Å². The lowest BCUT2D eigenvalue weighted by atomic mass is 9.85. The van der Waals surface area contributed by atoms with Crippen LogP contribution in [-0.4, -0.2) is 12.7 Å². The van der Waals surface area contributed by atoms with Crippen LogP contribution in [0.4, 0.5) is 0 Å². The molecule has 1 aliphatic rings. The molecule has 1 fully saturated rings. The van der Waals surface area contributed by atoms with E-state index in [0.29, 0.717) is 12.7 Å². The average molecular weight is 431 g/mol. The fourth-order valence-corrected chi connectivity index (χ4v) is 4.16. The van der Waals surface area contributed by atoms with Crippen LogP contribution in [0.1, 0.15) is 63.4 Å². The van der Waals surface area contributed by atoms with E-state index >= 15 is 0 Å². The minimum atomic E-state index is -0.466. The van der Waals surface area contributed by atoms with Crippen molar-refractivity contribution in [3.8, 4) is 11.5 Å². The average Bonchev–Trinajstić information content (AvgIpc) is 2.84. The maximum atomic E-state index is 6.35. The van der Waals surface area contributed by atoms with Gasteiger partial charge in [0.05, 0.1) is 12.7 Å². The highest BCUT2D eigenvalue weighted by molar-refractivity contribution is 5.32. The Hall–Kier alpha value is -2.78. The predicted molar refractivity (Wildman–Crippen MR) is 129 cm³/mol. The van der Waals surface area contributed by atoms with E-state index in [-0.39, 0.29) is 5.41 Å². The van der Waals surface area contributed by atoms with Gasteiger partial charge in [-0.3, -0.25) is 0 Å². The van der Waals surface area contributed by atoms with E-state index in [4.69, 9.17) is 14.2 Å². The number of hydrogen-bond acceptors (Lipinski definition) is 3. The summed E-state index contributed by atoms with van der Waals surface area (Å²) < 4.78 is 18.7. The van der Waals surface area contributed by atoms with Crippen LogP contribution in [0, 0.1) is 0 Å². The first kappa shape index (κ1) is 22.4. The summed E-state index contributed by atoms with van der Waals surface area (Å²) in [4.78, 5) is 0. The number of rotatable bonds is 9. The molecule has 0 saturated heterocycles. The van der Waals surface area contributed by atoms with E-state index in [1.165, 1.54) is 37.7 Å². The Morgan fingerprint density at radius 1 is 0.750 bits per heavy atom. The molecule has 1 atom stereocenters. The van der Waals surface area contributed by atoms with Crippen molar-refractivity contribution in [2.45, 2.75) is 63.8 Å². The van der Waals surface area contributed by atoms with Gasteiger partial charge in [0, 0.05) is 11.0 Å².